The van der Waals surface area contributed by atoms with Crippen molar-refractivity contribution in [2.75, 3.05) is 0 Å². The van der Waals surface area contributed by atoms with Crippen LogP contribution in [0, 0.1) is 36.5 Å². The van der Waals surface area contributed by atoms with Gasteiger partial charge in [-0.2, -0.15) is 0 Å². The minimum Gasteiger partial charge on any atom is -0.115 e. The van der Waals surface area contributed by atoms with Crippen molar-refractivity contribution in [3.63, 3.8) is 0 Å². The number of allylic oxidation sites excluding steroid dienone is 4. The third kappa shape index (κ3) is 6.16. The van der Waals surface area contributed by atoms with Crippen LogP contribution in [0.2, 0.25) is 0 Å². The van der Waals surface area contributed by atoms with Crippen molar-refractivity contribution in [3.8, 4) is 36.5 Å². The largest absolute Gasteiger partial charge is 0.115 e. The Kier molecular flexibility index (Phi) is 5.84. The third-order valence-electron chi connectivity index (χ3n) is 0.609. The van der Waals surface area contributed by atoms with Crippen LogP contribution in [-0.4, -0.2) is 0 Å². The van der Waals surface area contributed by atoms with Gasteiger partial charge in [0.15, 0.2) is 0 Å². The maximum absolute atomic E-state index is 4.91. The molecule has 0 heterocycles. The minimum atomic E-state index is 1.52. The van der Waals surface area contributed by atoms with Crippen LogP contribution in [-0.2, 0) is 0 Å². The van der Waals surface area contributed by atoms with E-state index < -0.39 is 0 Å². The Morgan fingerprint density at radius 1 is 0.700 bits per heavy atom. The van der Waals surface area contributed by atoms with E-state index in [0.29, 0.717) is 0 Å². The topological polar surface area (TPSA) is 0 Å². The molecule has 0 rings (SSSR count). The highest BCUT2D eigenvalue weighted by molar-refractivity contribution is 5.29. The van der Waals surface area contributed by atoms with Crippen molar-refractivity contribution in [2.24, 2.45) is 0 Å². The maximum Gasteiger partial charge on any atom is -0.00318 e. The Balaban J connectivity index is 3.76. The molecule has 0 fully saturated rings. The Morgan fingerprint density at radius 2 is 1.10 bits per heavy atom. The summed E-state index contributed by atoms with van der Waals surface area (Å²) in [5, 5.41) is 0. The minimum absolute atomic E-state index is 1.52. The predicted octanol–water partition coefficient (Wildman–Crippen LogP) is 1.37. The molecule has 0 aromatic carbocycles. The first-order valence-electron chi connectivity index (χ1n) is 2.65. The molecule has 0 bridgehead atoms. The van der Waals surface area contributed by atoms with Gasteiger partial charge in [0, 0.05) is 0 Å². The van der Waals surface area contributed by atoms with E-state index in [0.717, 1.165) is 0 Å². The van der Waals surface area contributed by atoms with Gasteiger partial charge in [-0.05, 0) is 24.3 Å². The predicted molar refractivity (Wildman–Crippen MR) is 43.7 cm³/mol. The van der Waals surface area contributed by atoms with E-state index in [1.54, 1.807) is 12.2 Å². The quantitative estimate of drug-likeness (QED) is 0.430. The summed E-state index contributed by atoms with van der Waals surface area (Å²) in [4.78, 5) is 0. The van der Waals surface area contributed by atoms with Crippen LogP contribution in [0.1, 0.15) is 0 Å². The zero-order valence-electron chi connectivity index (χ0n) is 5.46. The highest BCUT2D eigenvalue weighted by Crippen LogP contribution is 1.68. The molecule has 0 aliphatic heterocycles. The van der Waals surface area contributed by atoms with Gasteiger partial charge in [0.05, 0.1) is 0 Å². The molecule has 0 saturated carbocycles. The van der Waals surface area contributed by atoms with Gasteiger partial charge in [0.2, 0.25) is 0 Å². The number of hydrogen-bond donors (Lipinski definition) is 0. The van der Waals surface area contributed by atoms with Crippen molar-refractivity contribution in [1.82, 2.24) is 0 Å². The van der Waals surface area contributed by atoms with Crippen molar-refractivity contribution in [1.29, 1.82) is 0 Å². The molecule has 0 nitrogen and oxygen atoms in total. The van der Waals surface area contributed by atoms with Crippen molar-refractivity contribution < 1.29 is 0 Å². The maximum atomic E-state index is 4.91. The van der Waals surface area contributed by atoms with Crippen LogP contribution >= 0.6 is 0 Å². The van der Waals surface area contributed by atoms with Gasteiger partial charge < -0.3 is 0 Å². The second-order valence-electron chi connectivity index (χ2n) is 1.29. The lowest BCUT2D eigenvalue weighted by atomic mass is 10.4. The molecule has 0 radical (unpaired) electrons. The fourth-order valence-electron chi connectivity index (χ4n) is 0.276. The molecule has 0 aliphatic carbocycles. The highest BCUT2D eigenvalue weighted by Gasteiger charge is 1.55. The number of hydrogen-bond acceptors (Lipinski definition) is 0. The summed E-state index contributed by atoms with van der Waals surface area (Å²) in [7, 11) is 0. The molecule has 0 heteroatoms. The van der Waals surface area contributed by atoms with Gasteiger partial charge in [-0.3, -0.25) is 0 Å². The molecule has 0 N–H and O–H groups in total. The lowest BCUT2D eigenvalue weighted by molar-refractivity contribution is 2.08. The zero-order chi connectivity index (χ0) is 7.66. The molecule has 0 amide bonds. The average Bonchev–Trinajstić information content (AvgIpc) is 1.97. The molecule has 0 saturated heterocycles. The second-order valence-corrected chi connectivity index (χ2v) is 1.29. The molecule has 10 heavy (non-hydrogen) atoms. The lowest BCUT2D eigenvalue weighted by Gasteiger charge is -1.62. The zero-order valence-corrected chi connectivity index (χ0v) is 5.46. The van der Waals surface area contributed by atoms with Crippen LogP contribution < -0.4 is 0 Å². The fourth-order valence-corrected chi connectivity index (χ4v) is 0.276. The molecule has 0 aromatic rings. The van der Waals surface area contributed by atoms with Crippen LogP contribution in [0.5, 0.6) is 0 Å². The summed E-state index contributed by atoms with van der Waals surface area (Å²) in [6, 6.07) is 0. The first-order valence-corrected chi connectivity index (χ1v) is 2.65. The lowest BCUT2D eigenvalue weighted by Crippen LogP contribution is -1.50. The molecule has 0 spiro atoms. The Labute approximate surface area is 61.6 Å². The van der Waals surface area contributed by atoms with E-state index in [4.69, 9.17) is 12.8 Å². The smallest absolute Gasteiger partial charge is 0.00318 e. The summed E-state index contributed by atoms with van der Waals surface area (Å²) < 4.78 is 0. The van der Waals surface area contributed by atoms with Gasteiger partial charge in [-0.25, -0.2) is 0 Å². The van der Waals surface area contributed by atoms with E-state index in [1.165, 1.54) is 12.2 Å². The molecule has 0 aromatic heterocycles. The van der Waals surface area contributed by atoms with Crippen LogP contribution in [0.25, 0.3) is 0 Å². The summed E-state index contributed by atoms with van der Waals surface area (Å²) in [6.45, 7) is 0. The monoisotopic (exact) mass is 126 g/mol. The van der Waals surface area contributed by atoms with Gasteiger partial charge in [-0.1, -0.05) is 23.7 Å². The normalized spacial score (nSPS) is 8.20. The number of rotatable bonds is 0. The van der Waals surface area contributed by atoms with Gasteiger partial charge in [0.1, 0.15) is 0 Å². The molecule has 0 unspecified atom stereocenters. The molecule has 0 aliphatic rings. The van der Waals surface area contributed by atoms with Crippen molar-refractivity contribution in [3.05, 3.63) is 24.3 Å². The molecular formula is C10H6. The average molecular weight is 126 g/mol. The Morgan fingerprint density at radius 3 is 1.40 bits per heavy atom. The second kappa shape index (κ2) is 7.16. The van der Waals surface area contributed by atoms with Gasteiger partial charge in [0.25, 0.3) is 0 Å². The molecule has 0 atom stereocenters. The van der Waals surface area contributed by atoms with Crippen LogP contribution in [0.4, 0.5) is 0 Å². The summed E-state index contributed by atoms with van der Waals surface area (Å²) in [6.07, 6.45) is 16.0. The van der Waals surface area contributed by atoms with Gasteiger partial charge >= 0.3 is 0 Å². The Hall–Kier alpha value is -1.84. The summed E-state index contributed by atoms with van der Waals surface area (Å²) >= 11 is 0. The van der Waals surface area contributed by atoms with E-state index in [2.05, 4.69) is 23.7 Å². The van der Waals surface area contributed by atoms with Crippen LogP contribution in [0.15, 0.2) is 24.3 Å². The van der Waals surface area contributed by atoms with Gasteiger partial charge in [-0.15, -0.1) is 12.8 Å². The fraction of sp³-hybridized carbons (Fsp3) is 0. The molecule has 46 valence electrons. The number of terminal acetylenes is 2. The standard InChI is InChI=1S/C10H6/c1-3-5-7-9-10-8-6-4-2/h1-2,5-8H/b7-5-,8-6-. The first kappa shape index (κ1) is 8.16. The Bertz CT molecular complexity index is 238. The summed E-state index contributed by atoms with van der Waals surface area (Å²) in [5.74, 6) is 9.95. The highest BCUT2D eigenvalue weighted by atomic mass is 13.6. The third-order valence-corrected chi connectivity index (χ3v) is 0.609. The molecular weight excluding hydrogens is 120 g/mol. The van der Waals surface area contributed by atoms with E-state index in [9.17, 15) is 0 Å². The van der Waals surface area contributed by atoms with E-state index in [1.807, 2.05) is 0 Å². The SMILES string of the molecule is C#C/C=C\C#C/C=C\C#C. The first-order chi connectivity index (χ1) is 4.91. The van der Waals surface area contributed by atoms with Crippen molar-refractivity contribution >= 4 is 0 Å². The van der Waals surface area contributed by atoms with Crippen LogP contribution in [0.3, 0.4) is 0 Å². The van der Waals surface area contributed by atoms with Crippen molar-refractivity contribution in [2.45, 2.75) is 0 Å². The van der Waals surface area contributed by atoms with E-state index in [-0.39, 0.29) is 0 Å². The summed E-state index contributed by atoms with van der Waals surface area (Å²) in [5.41, 5.74) is 0. The van der Waals surface area contributed by atoms with E-state index >= 15 is 0 Å².